The minimum Gasteiger partial charge on any atom is -0.368 e. The summed E-state index contributed by atoms with van der Waals surface area (Å²) in [4.78, 5) is 18.4. The van der Waals surface area contributed by atoms with Gasteiger partial charge in [-0.25, -0.2) is 9.78 Å². The Labute approximate surface area is 135 Å². The average Bonchev–Trinajstić information content (AvgIpc) is 3.21. The summed E-state index contributed by atoms with van der Waals surface area (Å²) < 4.78 is 5.32. The van der Waals surface area contributed by atoms with Gasteiger partial charge in [0.2, 0.25) is 0 Å². The summed E-state index contributed by atoms with van der Waals surface area (Å²) in [6, 6.07) is 7.50. The zero-order valence-electron chi connectivity index (χ0n) is 13.2. The van der Waals surface area contributed by atoms with Gasteiger partial charge in [-0.15, -0.1) is 0 Å². The van der Waals surface area contributed by atoms with E-state index in [0.29, 0.717) is 13.1 Å². The molecule has 0 spiro atoms. The molecule has 1 aliphatic heterocycles. The molecule has 7 nitrogen and oxygen atoms in total. The fourth-order valence-electron chi connectivity index (χ4n) is 2.77. The van der Waals surface area contributed by atoms with Crippen LogP contribution in [0.3, 0.4) is 0 Å². The second-order valence-corrected chi connectivity index (χ2v) is 5.60. The van der Waals surface area contributed by atoms with Crippen molar-refractivity contribution in [1.29, 1.82) is 0 Å². The summed E-state index contributed by atoms with van der Waals surface area (Å²) in [7, 11) is 0. The average molecular weight is 315 g/mol. The Morgan fingerprint density at radius 3 is 3.09 bits per heavy atom. The summed E-state index contributed by atoms with van der Waals surface area (Å²) in [5.41, 5.74) is 0.840. The summed E-state index contributed by atoms with van der Waals surface area (Å²) in [6.45, 7) is 3.79. The van der Waals surface area contributed by atoms with Crippen molar-refractivity contribution >= 4 is 11.8 Å². The number of nitrogens with zero attached hydrogens (tertiary/aromatic N) is 3. The Balaban J connectivity index is 1.47. The quantitative estimate of drug-likeness (QED) is 0.827. The SMILES string of the molecule is Cc1cc(C2CCCN2C(=O)NCCNc2ccccn2)on1. The van der Waals surface area contributed by atoms with Crippen LogP contribution in [0.15, 0.2) is 35.0 Å². The Morgan fingerprint density at radius 2 is 2.35 bits per heavy atom. The van der Waals surface area contributed by atoms with Crippen LogP contribution >= 0.6 is 0 Å². The van der Waals surface area contributed by atoms with Crippen molar-refractivity contribution in [1.82, 2.24) is 20.4 Å². The van der Waals surface area contributed by atoms with E-state index in [1.807, 2.05) is 36.1 Å². The number of rotatable bonds is 5. The molecule has 0 aromatic carbocycles. The van der Waals surface area contributed by atoms with Crippen molar-refractivity contribution in [3.8, 4) is 0 Å². The number of carbonyl (C=O) groups excluding carboxylic acids is 1. The van der Waals surface area contributed by atoms with Gasteiger partial charge in [0.05, 0.1) is 11.7 Å². The molecule has 2 aromatic heterocycles. The van der Waals surface area contributed by atoms with Gasteiger partial charge in [0.1, 0.15) is 5.82 Å². The van der Waals surface area contributed by atoms with E-state index in [0.717, 1.165) is 36.7 Å². The number of hydrogen-bond acceptors (Lipinski definition) is 5. The molecule has 3 rings (SSSR count). The van der Waals surface area contributed by atoms with Gasteiger partial charge in [0.15, 0.2) is 5.76 Å². The Morgan fingerprint density at radius 1 is 1.43 bits per heavy atom. The fraction of sp³-hybridized carbons (Fsp3) is 0.438. The van der Waals surface area contributed by atoms with Crippen molar-refractivity contribution in [3.05, 3.63) is 41.9 Å². The third-order valence-corrected chi connectivity index (χ3v) is 3.86. The molecule has 7 heteroatoms. The third kappa shape index (κ3) is 3.80. The van der Waals surface area contributed by atoms with Crippen molar-refractivity contribution in [2.45, 2.75) is 25.8 Å². The predicted octanol–water partition coefficient (Wildman–Crippen LogP) is 2.34. The van der Waals surface area contributed by atoms with Crippen LogP contribution in [0.5, 0.6) is 0 Å². The van der Waals surface area contributed by atoms with Crippen LogP contribution in [0.2, 0.25) is 0 Å². The molecule has 1 fully saturated rings. The van der Waals surface area contributed by atoms with Crippen LogP contribution in [-0.4, -0.2) is 40.7 Å². The summed E-state index contributed by atoms with van der Waals surface area (Å²) in [5, 5.41) is 10.0. The van der Waals surface area contributed by atoms with Gasteiger partial charge in [0.25, 0.3) is 0 Å². The first kappa shape index (κ1) is 15.3. The number of urea groups is 1. The minimum absolute atomic E-state index is 0.0139. The smallest absolute Gasteiger partial charge is 0.318 e. The zero-order chi connectivity index (χ0) is 16.1. The van der Waals surface area contributed by atoms with Gasteiger partial charge in [-0.1, -0.05) is 11.2 Å². The van der Waals surface area contributed by atoms with Gasteiger partial charge in [-0.05, 0) is 31.9 Å². The Hall–Kier alpha value is -2.57. The highest BCUT2D eigenvalue weighted by atomic mass is 16.5. The number of likely N-dealkylation sites (tertiary alicyclic amines) is 1. The van der Waals surface area contributed by atoms with Crippen molar-refractivity contribution < 1.29 is 9.32 Å². The van der Waals surface area contributed by atoms with Crippen molar-refractivity contribution in [3.63, 3.8) is 0 Å². The Bertz CT molecular complexity index is 643. The molecule has 0 aliphatic carbocycles. The predicted molar refractivity (Wildman–Crippen MR) is 86.0 cm³/mol. The van der Waals surface area contributed by atoms with Crippen molar-refractivity contribution in [2.75, 3.05) is 25.0 Å². The van der Waals surface area contributed by atoms with Crippen LogP contribution in [0.4, 0.5) is 10.6 Å². The van der Waals surface area contributed by atoms with E-state index >= 15 is 0 Å². The normalized spacial score (nSPS) is 17.3. The first-order valence-corrected chi connectivity index (χ1v) is 7.86. The lowest BCUT2D eigenvalue weighted by molar-refractivity contribution is 0.183. The first-order chi connectivity index (χ1) is 11.2. The summed E-state index contributed by atoms with van der Waals surface area (Å²) in [5.74, 6) is 1.57. The molecule has 2 aromatic rings. The number of amides is 2. The van der Waals surface area contributed by atoms with Crippen LogP contribution < -0.4 is 10.6 Å². The fourth-order valence-corrected chi connectivity index (χ4v) is 2.77. The highest BCUT2D eigenvalue weighted by molar-refractivity contribution is 5.75. The van der Waals surface area contributed by atoms with Crippen LogP contribution in [-0.2, 0) is 0 Å². The summed E-state index contributed by atoms with van der Waals surface area (Å²) >= 11 is 0. The molecular weight excluding hydrogens is 294 g/mol. The van der Waals surface area contributed by atoms with Crippen molar-refractivity contribution in [2.24, 2.45) is 0 Å². The van der Waals surface area contributed by atoms with Crippen LogP contribution in [0, 0.1) is 6.92 Å². The molecule has 2 N–H and O–H groups in total. The second-order valence-electron chi connectivity index (χ2n) is 5.60. The molecular formula is C16H21N5O2. The number of hydrogen-bond donors (Lipinski definition) is 2. The number of pyridine rings is 1. The van der Waals surface area contributed by atoms with E-state index < -0.39 is 0 Å². The van der Waals surface area contributed by atoms with E-state index in [1.54, 1.807) is 6.20 Å². The van der Waals surface area contributed by atoms with E-state index in [9.17, 15) is 4.79 Å². The molecule has 1 saturated heterocycles. The van der Waals surface area contributed by atoms with Crippen LogP contribution in [0.1, 0.15) is 30.3 Å². The molecule has 0 radical (unpaired) electrons. The number of aromatic nitrogens is 2. The lowest BCUT2D eigenvalue weighted by atomic mass is 10.1. The number of anilines is 1. The topological polar surface area (TPSA) is 83.3 Å². The molecule has 3 heterocycles. The molecule has 1 unspecified atom stereocenters. The molecule has 0 saturated carbocycles. The van der Waals surface area contributed by atoms with Crippen LogP contribution in [0.25, 0.3) is 0 Å². The molecule has 122 valence electrons. The summed E-state index contributed by atoms with van der Waals surface area (Å²) in [6.07, 6.45) is 3.62. The van der Waals surface area contributed by atoms with Gasteiger partial charge in [-0.3, -0.25) is 0 Å². The number of nitrogens with one attached hydrogen (secondary N) is 2. The van der Waals surface area contributed by atoms with E-state index in [2.05, 4.69) is 20.8 Å². The van der Waals surface area contributed by atoms with Gasteiger partial charge >= 0.3 is 6.03 Å². The zero-order valence-corrected chi connectivity index (χ0v) is 13.2. The highest BCUT2D eigenvalue weighted by Gasteiger charge is 2.32. The third-order valence-electron chi connectivity index (χ3n) is 3.86. The number of aryl methyl sites for hydroxylation is 1. The lowest BCUT2D eigenvalue weighted by Gasteiger charge is -2.23. The minimum atomic E-state index is -0.0654. The Kier molecular flexibility index (Phi) is 4.75. The maximum Gasteiger partial charge on any atom is 0.318 e. The van der Waals surface area contributed by atoms with Gasteiger partial charge < -0.3 is 20.1 Å². The van der Waals surface area contributed by atoms with E-state index in [-0.39, 0.29) is 12.1 Å². The monoisotopic (exact) mass is 315 g/mol. The van der Waals surface area contributed by atoms with Gasteiger partial charge in [0, 0.05) is 31.9 Å². The molecule has 1 atom stereocenters. The van der Waals surface area contributed by atoms with E-state index in [4.69, 9.17) is 4.52 Å². The maximum absolute atomic E-state index is 12.4. The molecule has 0 bridgehead atoms. The first-order valence-electron chi connectivity index (χ1n) is 7.86. The van der Waals surface area contributed by atoms with Gasteiger partial charge in [-0.2, -0.15) is 0 Å². The molecule has 2 amide bonds. The number of carbonyl (C=O) groups is 1. The second kappa shape index (κ2) is 7.13. The molecule has 1 aliphatic rings. The van der Waals surface area contributed by atoms with E-state index in [1.165, 1.54) is 0 Å². The largest absolute Gasteiger partial charge is 0.368 e. The lowest BCUT2D eigenvalue weighted by Crippen LogP contribution is -2.41. The highest BCUT2D eigenvalue weighted by Crippen LogP contribution is 2.32. The maximum atomic E-state index is 12.4. The standard InChI is InChI=1S/C16H21N5O2/c1-12-11-14(23-20-12)13-5-4-10-21(13)16(22)19-9-8-18-15-6-2-3-7-17-15/h2-3,6-7,11,13H,4-5,8-10H2,1H3,(H,17,18)(H,19,22). The molecule has 23 heavy (non-hydrogen) atoms.